The molecule has 0 aromatic heterocycles. The number of nitrogens with zero attached hydrogens (tertiary/aromatic N) is 1. The lowest BCUT2D eigenvalue weighted by Crippen LogP contribution is -2.52. The molecule has 0 spiro atoms. The molecule has 8 nitrogen and oxygen atoms in total. The summed E-state index contributed by atoms with van der Waals surface area (Å²) in [6.45, 7) is 10.4. The number of benzene rings is 1. The van der Waals surface area contributed by atoms with Gasteiger partial charge in [0.2, 0.25) is 5.91 Å². The van der Waals surface area contributed by atoms with Crippen LogP contribution in [0.15, 0.2) is 30.3 Å². The molecule has 1 heterocycles. The first kappa shape index (κ1) is 28.1. The third-order valence-corrected chi connectivity index (χ3v) is 6.06. The molecule has 2 rings (SSSR count). The second kappa shape index (κ2) is 14.3. The number of carbonyl (C=O) groups excluding carboxylic acids is 2. The minimum Gasteiger partial charge on any atom is -0.445 e. The summed E-state index contributed by atoms with van der Waals surface area (Å²) in [4.78, 5) is 27.0. The zero-order chi connectivity index (χ0) is 25.1. The number of hydrogen-bond acceptors (Lipinski definition) is 6. The van der Waals surface area contributed by atoms with Crippen molar-refractivity contribution in [3.8, 4) is 0 Å². The van der Waals surface area contributed by atoms with Crippen LogP contribution in [0.5, 0.6) is 0 Å². The topological polar surface area (TPSA) is 117 Å². The number of ether oxygens (including phenoxy) is 1. The molecule has 8 heteroatoms. The highest BCUT2D eigenvalue weighted by atomic mass is 16.5. The average molecular weight is 477 g/mol. The highest BCUT2D eigenvalue weighted by Gasteiger charge is 2.29. The molecular formula is C26H44N4O4. The highest BCUT2D eigenvalue weighted by molar-refractivity contribution is 5.81. The minimum absolute atomic E-state index is 0.0962. The van der Waals surface area contributed by atoms with Crippen molar-refractivity contribution < 1.29 is 19.4 Å². The molecular weight excluding hydrogens is 432 g/mol. The molecule has 1 aromatic carbocycles. The number of nitrogens with two attached hydrogens (primary N) is 1. The number of rotatable bonds is 11. The number of amides is 2. The Labute approximate surface area is 204 Å². The highest BCUT2D eigenvalue weighted by Crippen LogP contribution is 2.15. The monoisotopic (exact) mass is 476 g/mol. The van der Waals surface area contributed by atoms with Crippen molar-refractivity contribution in [3.63, 3.8) is 0 Å². The fourth-order valence-corrected chi connectivity index (χ4v) is 4.44. The summed E-state index contributed by atoms with van der Waals surface area (Å²) in [6.07, 6.45) is 1.82. The van der Waals surface area contributed by atoms with Crippen LogP contribution in [0, 0.1) is 11.8 Å². The molecule has 5 N–H and O–H groups in total. The molecule has 0 bridgehead atoms. The Morgan fingerprint density at radius 3 is 2.47 bits per heavy atom. The van der Waals surface area contributed by atoms with E-state index >= 15 is 0 Å². The van der Waals surface area contributed by atoms with E-state index in [9.17, 15) is 14.7 Å². The summed E-state index contributed by atoms with van der Waals surface area (Å²) in [5, 5.41) is 16.8. The van der Waals surface area contributed by atoms with E-state index in [2.05, 4.69) is 29.4 Å². The number of hydrogen-bond donors (Lipinski definition) is 4. The van der Waals surface area contributed by atoms with Crippen LogP contribution < -0.4 is 16.4 Å². The summed E-state index contributed by atoms with van der Waals surface area (Å²) in [7, 11) is 0. The summed E-state index contributed by atoms with van der Waals surface area (Å²) in [5.74, 6) is 0.526. The van der Waals surface area contributed by atoms with E-state index in [-0.39, 0.29) is 24.6 Å². The van der Waals surface area contributed by atoms with E-state index in [1.54, 1.807) is 0 Å². The Morgan fingerprint density at radius 2 is 1.82 bits per heavy atom. The number of β-amino-alcohol motifs (C(OH)–C–C–N with tert-alkyl or cyclic N) is 1. The largest absolute Gasteiger partial charge is 0.445 e. The normalized spacial score (nSPS) is 21.1. The van der Waals surface area contributed by atoms with Crippen molar-refractivity contribution in [1.29, 1.82) is 0 Å². The van der Waals surface area contributed by atoms with Crippen LogP contribution in [-0.4, -0.2) is 65.9 Å². The first-order chi connectivity index (χ1) is 16.1. The maximum absolute atomic E-state index is 12.4. The molecule has 0 radical (unpaired) electrons. The number of nitrogens with one attached hydrogen (secondary N) is 2. The van der Waals surface area contributed by atoms with Crippen molar-refractivity contribution >= 4 is 12.0 Å². The lowest BCUT2D eigenvalue weighted by molar-refractivity contribution is -0.124. The number of likely N-dealkylation sites (tertiary alicyclic amines) is 1. The Bertz CT molecular complexity index is 744. The van der Waals surface area contributed by atoms with Crippen LogP contribution in [-0.2, 0) is 16.1 Å². The van der Waals surface area contributed by atoms with Gasteiger partial charge in [-0.2, -0.15) is 0 Å². The molecule has 4 atom stereocenters. The van der Waals surface area contributed by atoms with Crippen molar-refractivity contribution in [1.82, 2.24) is 15.5 Å². The van der Waals surface area contributed by atoms with Crippen LogP contribution >= 0.6 is 0 Å². The van der Waals surface area contributed by atoms with Crippen LogP contribution in [0.4, 0.5) is 4.79 Å². The second-order valence-electron chi connectivity index (χ2n) is 10.4. The standard InChI is InChI=1S/C26H44N4O4/c1-18(2)13-21(28-26(33)34-17-20-9-6-5-7-10-20)15-30-12-8-11-23(24(31)16-30)29-25(32)22(27)14-19(3)4/h5-7,9-10,18-19,21-24,31H,8,11-17,27H2,1-4H3,(H,28,33)(H,29,32)/t21?,22-,23?,24-/m0/s1. The molecule has 2 unspecified atom stereocenters. The van der Waals surface area contributed by atoms with Crippen molar-refractivity contribution in [3.05, 3.63) is 35.9 Å². The van der Waals surface area contributed by atoms with Gasteiger partial charge in [-0.25, -0.2) is 4.79 Å². The molecule has 2 amide bonds. The van der Waals surface area contributed by atoms with Gasteiger partial charge < -0.3 is 26.2 Å². The Morgan fingerprint density at radius 1 is 1.15 bits per heavy atom. The van der Waals surface area contributed by atoms with Gasteiger partial charge in [-0.1, -0.05) is 58.0 Å². The molecule has 1 fully saturated rings. The SMILES string of the molecule is CC(C)CC(CN1CCCC(NC(=O)[C@@H](N)CC(C)C)[C@@H](O)C1)NC(=O)OCc1ccccc1. The summed E-state index contributed by atoms with van der Waals surface area (Å²) >= 11 is 0. The van der Waals surface area contributed by atoms with Crippen molar-refractivity contribution in [2.75, 3.05) is 19.6 Å². The zero-order valence-electron chi connectivity index (χ0n) is 21.2. The number of aliphatic hydroxyl groups excluding tert-OH is 1. The van der Waals surface area contributed by atoms with Gasteiger partial charge in [-0.3, -0.25) is 9.69 Å². The van der Waals surface area contributed by atoms with Gasteiger partial charge in [0.25, 0.3) is 0 Å². The molecule has 1 saturated heterocycles. The fraction of sp³-hybridized carbons (Fsp3) is 0.692. The number of carbonyl (C=O) groups is 2. The van der Waals surface area contributed by atoms with Crippen LogP contribution in [0.3, 0.4) is 0 Å². The quantitative estimate of drug-likeness (QED) is 0.390. The van der Waals surface area contributed by atoms with Gasteiger partial charge in [0.1, 0.15) is 6.61 Å². The average Bonchev–Trinajstić information content (AvgIpc) is 2.92. The first-order valence-corrected chi connectivity index (χ1v) is 12.6. The molecule has 0 aliphatic carbocycles. The van der Waals surface area contributed by atoms with Gasteiger partial charge in [-0.15, -0.1) is 0 Å². The Hall–Kier alpha value is -2.16. The summed E-state index contributed by atoms with van der Waals surface area (Å²) in [6, 6.07) is 8.61. The van der Waals surface area contributed by atoms with E-state index in [0.29, 0.717) is 37.8 Å². The Kier molecular flexibility index (Phi) is 11.8. The maximum atomic E-state index is 12.4. The maximum Gasteiger partial charge on any atom is 0.407 e. The van der Waals surface area contributed by atoms with Gasteiger partial charge >= 0.3 is 6.09 Å². The lowest BCUT2D eigenvalue weighted by Gasteiger charge is -2.30. The van der Waals surface area contributed by atoms with Gasteiger partial charge in [0.15, 0.2) is 0 Å². The first-order valence-electron chi connectivity index (χ1n) is 12.6. The number of aliphatic hydroxyl groups is 1. The third-order valence-electron chi connectivity index (χ3n) is 6.06. The molecule has 34 heavy (non-hydrogen) atoms. The Balaban J connectivity index is 1.88. The van der Waals surface area contributed by atoms with E-state index in [4.69, 9.17) is 10.5 Å². The van der Waals surface area contributed by atoms with Gasteiger partial charge in [0.05, 0.1) is 18.2 Å². The molecule has 1 aromatic rings. The van der Waals surface area contributed by atoms with Crippen LogP contribution in [0.2, 0.25) is 0 Å². The van der Waals surface area contributed by atoms with Crippen molar-refractivity contribution in [2.45, 2.75) is 84.2 Å². The van der Waals surface area contributed by atoms with Gasteiger partial charge in [0, 0.05) is 19.1 Å². The van der Waals surface area contributed by atoms with Crippen LogP contribution in [0.25, 0.3) is 0 Å². The van der Waals surface area contributed by atoms with E-state index in [0.717, 1.165) is 24.9 Å². The van der Waals surface area contributed by atoms with Gasteiger partial charge in [-0.05, 0) is 49.6 Å². The zero-order valence-corrected chi connectivity index (χ0v) is 21.2. The fourth-order valence-electron chi connectivity index (χ4n) is 4.44. The van der Waals surface area contributed by atoms with E-state index in [1.165, 1.54) is 0 Å². The third kappa shape index (κ3) is 10.4. The lowest BCUT2D eigenvalue weighted by atomic mass is 10.0. The summed E-state index contributed by atoms with van der Waals surface area (Å²) in [5.41, 5.74) is 6.95. The number of alkyl carbamates (subject to hydrolysis) is 1. The molecule has 1 aliphatic rings. The smallest absolute Gasteiger partial charge is 0.407 e. The van der Waals surface area contributed by atoms with E-state index in [1.807, 2.05) is 44.2 Å². The molecule has 192 valence electrons. The molecule has 1 aliphatic heterocycles. The summed E-state index contributed by atoms with van der Waals surface area (Å²) < 4.78 is 5.41. The predicted molar refractivity (Wildman–Crippen MR) is 134 cm³/mol. The molecule has 0 saturated carbocycles. The minimum atomic E-state index is -0.692. The second-order valence-corrected chi connectivity index (χ2v) is 10.4. The van der Waals surface area contributed by atoms with Crippen molar-refractivity contribution in [2.24, 2.45) is 17.6 Å². The van der Waals surface area contributed by atoms with E-state index < -0.39 is 18.2 Å². The van der Waals surface area contributed by atoms with Crippen LogP contribution in [0.1, 0.15) is 58.9 Å². The predicted octanol–water partition coefficient (Wildman–Crippen LogP) is 2.64.